The van der Waals surface area contributed by atoms with Gasteiger partial charge in [0.15, 0.2) is 0 Å². The second-order valence-corrected chi connectivity index (χ2v) is 19.3. The second-order valence-electron chi connectivity index (χ2n) is 16.7. The summed E-state index contributed by atoms with van der Waals surface area (Å²) in [6.07, 6.45) is 7.80. The lowest BCUT2D eigenvalue weighted by atomic mass is 10.1. The summed E-state index contributed by atoms with van der Waals surface area (Å²) in [6.45, 7) is 20.3. The van der Waals surface area contributed by atoms with Gasteiger partial charge in [0.25, 0.3) is 0 Å². The lowest BCUT2D eigenvalue weighted by Gasteiger charge is -2.44. The van der Waals surface area contributed by atoms with E-state index in [1.807, 2.05) is 80.2 Å². The van der Waals surface area contributed by atoms with Gasteiger partial charge >= 0.3 is 0 Å². The highest BCUT2D eigenvalue weighted by atomic mass is 32.3. The number of hydrogen-bond acceptors (Lipinski definition) is 15. The molecule has 2 N–H and O–H groups in total. The summed E-state index contributed by atoms with van der Waals surface area (Å²) in [7, 11) is 5.65. The number of aryl methyl sites for hydroxylation is 1. The van der Waals surface area contributed by atoms with Gasteiger partial charge in [-0.15, -0.1) is 0 Å². The Morgan fingerprint density at radius 3 is 1.80 bits per heavy atom. The van der Waals surface area contributed by atoms with Crippen LogP contribution in [0.2, 0.25) is 0 Å². The molecule has 16 heteroatoms. The topological polar surface area (TPSA) is 120 Å². The number of benzene rings is 3. The maximum atomic E-state index is 6.93. The molecule has 0 aliphatic carbocycles. The van der Waals surface area contributed by atoms with Gasteiger partial charge in [-0.25, -0.2) is 4.72 Å². The van der Waals surface area contributed by atoms with Crippen LogP contribution in [0.4, 0.5) is 0 Å². The molecule has 0 spiro atoms. The van der Waals surface area contributed by atoms with E-state index in [1.165, 1.54) is 5.56 Å². The molecule has 2 aliphatic rings. The van der Waals surface area contributed by atoms with Crippen LogP contribution in [-0.4, -0.2) is 202 Å². The van der Waals surface area contributed by atoms with Crippen LogP contribution in [0.1, 0.15) is 29.2 Å². The Labute approximate surface area is 397 Å². The van der Waals surface area contributed by atoms with E-state index >= 15 is 0 Å². The van der Waals surface area contributed by atoms with Crippen molar-refractivity contribution in [2.24, 2.45) is 10.1 Å². The highest BCUT2D eigenvalue weighted by Gasteiger charge is 2.32. The first kappa shape index (κ1) is 53.2. The van der Waals surface area contributed by atoms with Crippen molar-refractivity contribution in [3.05, 3.63) is 105 Å². The molecule has 0 saturated carbocycles. The predicted molar refractivity (Wildman–Crippen MR) is 271 cm³/mol. The second kappa shape index (κ2) is 30.6. The number of likely N-dealkylation sites (N-methyl/N-ethyl adjacent to an activating group) is 2. The molecule has 2 aliphatic heterocycles. The molecule has 2 heterocycles. The summed E-state index contributed by atoms with van der Waals surface area (Å²) in [5.41, 5.74) is 3.94. The van der Waals surface area contributed by atoms with Crippen LogP contribution in [-0.2, 0) is 34.4 Å². The molecule has 2 unspecified atom stereocenters. The first-order chi connectivity index (χ1) is 32.2. The quantitative estimate of drug-likeness (QED) is 0.0579. The lowest BCUT2D eigenvalue weighted by molar-refractivity contribution is 0.00311. The predicted octanol–water partition coefficient (Wildman–Crippen LogP) is 3.36. The first-order valence-corrected chi connectivity index (χ1v) is 25.2. The lowest BCUT2D eigenvalue weighted by Crippen LogP contribution is -2.45. The van der Waals surface area contributed by atoms with E-state index in [1.54, 1.807) is 7.05 Å². The van der Waals surface area contributed by atoms with E-state index in [0.29, 0.717) is 72.6 Å². The maximum Gasteiger partial charge on any atom is 0.135 e. The molecule has 15 nitrogen and oxygen atoms in total. The third-order valence-electron chi connectivity index (χ3n) is 11.7. The largest absolute Gasteiger partial charge is 0.378 e. The van der Waals surface area contributed by atoms with E-state index < -0.39 is 16.1 Å². The molecule has 2 fully saturated rings. The number of ether oxygens (including phenoxy) is 5. The summed E-state index contributed by atoms with van der Waals surface area (Å²) >= 11 is 0. The summed E-state index contributed by atoms with van der Waals surface area (Å²) in [5.74, 6) is 0. The van der Waals surface area contributed by atoms with Crippen LogP contribution in [0.15, 0.2) is 82.9 Å². The van der Waals surface area contributed by atoms with Gasteiger partial charge in [0.1, 0.15) is 5.44 Å². The van der Waals surface area contributed by atoms with Gasteiger partial charge in [-0.05, 0) is 55.4 Å². The fourth-order valence-corrected chi connectivity index (χ4v) is 9.51. The highest BCUT2D eigenvalue weighted by molar-refractivity contribution is 8.27. The molecule has 2 saturated heterocycles. The van der Waals surface area contributed by atoms with Crippen LogP contribution in [0, 0.1) is 6.92 Å². The van der Waals surface area contributed by atoms with Gasteiger partial charge in [0.2, 0.25) is 0 Å². The Bertz CT molecular complexity index is 1980. The van der Waals surface area contributed by atoms with Crippen molar-refractivity contribution in [3.63, 3.8) is 0 Å². The van der Waals surface area contributed by atoms with Crippen LogP contribution in [0.5, 0.6) is 0 Å². The maximum absolute atomic E-state index is 6.93. The molecule has 5 rings (SSSR count). The fraction of sp³-hybridized carbons (Fsp3) is 0.560. The first-order valence-electron chi connectivity index (χ1n) is 23.6. The zero-order valence-electron chi connectivity index (χ0n) is 40.7. The van der Waals surface area contributed by atoms with Crippen molar-refractivity contribution in [2.45, 2.75) is 25.8 Å². The Kier molecular flexibility index (Phi) is 24.7. The Morgan fingerprint density at radius 1 is 0.652 bits per heavy atom. The van der Waals surface area contributed by atoms with Gasteiger partial charge in [-0.1, -0.05) is 72.8 Å². The smallest absolute Gasteiger partial charge is 0.135 e. The molecule has 0 radical (unpaired) electrons. The summed E-state index contributed by atoms with van der Waals surface area (Å²) in [6, 6.07) is 24.7. The average molecular weight is 934 g/mol. The van der Waals surface area contributed by atoms with Crippen molar-refractivity contribution in [2.75, 3.05) is 160 Å². The summed E-state index contributed by atoms with van der Waals surface area (Å²) in [5, 5.41) is 8.49. The SMILES string of the molecule is CN=Cc1ccccc1CNS(N/C=c1/cccc/c1=C\N(C)/N=C\c1ccccc1C)(OCCOCCOCCN1CCN(C)CC1)C(C)OCCOCCOCCN1CCN(C)CC1. The number of nitrogens with one attached hydrogen (secondary N) is 2. The molecule has 0 aromatic heterocycles. The van der Waals surface area contributed by atoms with Gasteiger partial charge < -0.3 is 42.4 Å². The molecular formula is C50H79N9O6S. The van der Waals surface area contributed by atoms with Gasteiger partial charge in [0.05, 0.1) is 72.3 Å². The Morgan fingerprint density at radius 2 is 1.18 bits per heavy atom. The summed E-state index contributed by atoms with van der Waals surface area (Å²) in [4.78, 5) is 14.0. The van der Waals surface area contributed by atoms with Crippen LogP contribution in [0.3, 0.4) is 0 Å². The minimum absolute atomic E-state index is 0.322. The van der Waals surface area contributed by atoms with E-state index in [-0.39, 0.29) is 0 Å². The van der Waals surface area contributed by atoms with Crippen molar-refractivity contribution in [3.8, 4) is 0 Å². The Hall–Kier alpha value is -3.75. The molecule has 366 valence electrons. The molecule has 0 bridgehead atoms. The number of hydrazone groups is 1. The van der Waals surface area contributed by atoms with Crippen LogP contribution >= 0.6 is 10.7 Å². The monoisotopic (exact) mass is 934 g/mol. The van der Waals surface area contributed by atoms with E-state index in [0.717, 1.165) is 92.6 Å². The number of aliphatic imine (C=N–C) groups is 1. The minimum atomic E-state index is -2.42. The number of nitrogens with zero attached hydrogens (tertiary/aromatic N) is 7. The zero-order valence-corrected chi connectivity index (χ0v) is 41.5. The highest BCUT2D eigenvalue weighted by Crippen LogP contribution is 2.47. The zero-order chi connectivity index (χ0) is 46.7. The van der Waals surface area contributed by atoms with E-state index in [9.17, 15) is 0 Å². The third-order valence-corrected chi connectivity index (χ3v) is 14.3. The van der Waals surface area contributed by atoms with Crippen molar-refractivity contribution in [1.82, 2.24) is 34.1 Å². The van der Waals surface area contributed by atoms with E-state index in [4.69, 9.17) is 33.0 Å². The van der Waals surface area contributed by atoms with Gasteiger partial charge in [-0.2, -0.15) is 5.10 Å². The molecular weight excluding hydrogens is 855 g/mol. The molecule has 3 aromatic carbocycles. The van der Waals surface area contributed by atoms with E-state index in [2.05, 4.69) is 91.5 Å². The minimum Gasteiger partial charge on any atom is -0.378 e. The van der Waals surface area contributed by atoms with Crippen LogP contribution < -0.4 is 19.9 Å². The van der Waals surface area contributed by atoms with Crippen molar-refractivity contribution in [1.29, 1.82) is 0 Å². The average Bonchev–Trinajstić information content (AvgIpc) is 3.33. The standard InChI is InChI=1S/C50H79N9O6S/c1-44-13-7-8-14-46(44)40-52-57(6)43-50-18-12-11-17-49(50)42-54-66(53-41-48-16-10-9-15-47(48)39-51-3,65-38-36-63-34-32-61-30-28-59-25-21-56(5)22-26-59)45(2)64-37-35-62-33-31-60-29-27-58-23-19-55(4)20-24-58/h7-18,39-40,42-43,45,53-54H,19-38,41H2,1-6H3/b49-42-,50-43+,51-39?,52-40-. The van der Waals surface area contributed by atoms with Crippen molar-refractivity contribution < 1.29 is 27.9 Å². The third kappa shape index (κ3) is 19.5. The van der Waals surface area contributed by atoms with Crippen molar-refractivity contribution >= 4 is 35.5 Å². The normalized spacial score (nSPS) is 18.3. The molecule has 2 atom stereocenters. The molecule has 0 amide bonds. The Balaban J connectivity index is 1.26. The van der Waals surface area contributed by atoms with Gasteiger partial charge in [0, 0.05) is 121 Å². The van der Waals surface area contributed by atoms with Crippen LogP contribution in [0.25, 0.3) is 12.4 Å². The fourth-order valence-electron chi connectivity index (χ4n) is 7.37. The number of rotatable bonds is 30. The number of hydrogen-bond donors (Lipinski definition) is 2. The summed E-state index contributed by atoms with van der Waals surface area (Å²) < 4.78 is 45.0. The molecule has 3 aromatic rings. The molecule has 66 heavy (non-hydrogen) atoms. The van der Waals surface area contributed by atoms with Gasteiger partial charge in [-0.3, -0.25) is 19.8 Å². The number of piperazine rings is 2.